The first kappa shape index (κ1) is 26.4. The Hall–Kier alpha value is -3.63. The van der Waals surface area contributed by atoms with E-state index in [0.29, 0.717) is 16.3 Å². The highest BCUT2D eigenvalue weighted by molar-refractivity contribution is 8.01. The molecule has 1 aromatic heterocycles. The quantitative estimate of drug-likeness (QED) is 0.183. The van der Waals surface area contributed by atoms with Gasteiger partial charge in [-0.1, -0.05) is 42.1 Å². The molecule has 1 saturated heterocycles. The van der Waals surface area contributed by atoms with Crippen LogP contribution in [0.1, 0.15) is 11.6 Å². The fourth-order valence-electron chi connectivity index (χ4n) is 3.95. The number of carboxylic acid groups (broad SMARTS) is 1. The number of hydrogen-bond donors (Lipinski definition) is 4. The monoisotopic (exact) mass is 548 g/mol. The molecule has 0 spiro atoms. The van der Waals surface area contributed by atoms with Crippen LogP contribution in [0.3, 0.4) is 0 Å². The van der Waals surface area contributed by atoms with Gasteiger partial charge in [-0.15, -0.1) is 16.9 Å². The van der Waals surface area contributed by atoms with Gasteiger partial charge in [-0.2, -0.15) is 0 Å². The number of rotatable bonds is 9. The maximum Gasteiger partial charge on any atom is 0.352 e. The number of fused-ring (bicyclic) bond motifs is 1. The lowest BCUT2D eigenvalue weighted by molar-refractivity contribution is -0.192. The Morgan fingerprint density at radius 2 is 2.05 bits per heavy atom. The first-order valence-electron chi connectivity index (χ1n) is 10.9. The molecule has 4 amide bonds. The van der Waals surface area contributed by atoms with E-state index in [1.54, 1.807) is 37.4 Å². The summed E-state index contributed by atoms with van der Waals surface area (Å²) in [5.74, 6) is -2.18. The van der Waals surface area contributed by atoms with Crippen LogP contribution in [0.25, 0.3) is 0 Å². The van der Waals surface area contributed by atoms with Crippen molar-refractivity contribution in [3.63, 3.8) is 0 Å². The molecular weight excluding hydrogens is 524 g/mol. The van der Waals surface area contributed by atoms with Crippen molar-refractivity contribution >= 4 is 47.3 Å². The van der Waals surface area contributed by atoms with Crippen LogP contribution >= 0.6 is 23.5 Å². The standard InChI is InChI=1S/C21H24N8O6S2/c1-22-19(34)23-13(11-7-5-4-6-8-11)15(30)24-21(35-3)17(33)29-14(16(31)32)12(9-36-18(21)29)10-37-20-25-26-27-28(20)2/h4-8,13,18H,9-10H2,1-3H3,(H,24,30)(H,31,32)(H2,22,23,34)/t13?,18-,21-/m0/s1. The summed E-state index contributed by atoms with van der Waals surface area (Å²) in [6, 6.07) is 6.77. The van der Waals surface area contributed by atoms with Crippen LogP contribution in [0.5, 0.6) is 0 Å². The number of thioether (sulfide) groups is 2. The number of benzene rings is 1. The smallest absolute Gasteiger partial charge is 0.352 e. The van der Waals surface area contributed by atoms with E-state index in [0.717, 1.165) is 4.90 Å². The number of carboxylic acids is 1. The fourth-order valence-corrected chi connectivity index (χ4v) is 6.38. The van der Waals surface area contributed by atoms with E-state index >= 15 is 0 Å². The van der Waals surface area contributed by atoms with E-state index in [4.69, 9.17) is 4.74 Å². The van der Waals surface area contributed by atoms with Crippen LogP contribution < -0.4 is 16.0 Å². The summed E-state index contributed by atoms with van der Waals surface area (Å²) < 4.78 is 6.98. The van der Waals surface area contributed by atoms with Crippen LogP contribution in [-0.2, 0) is 26.2 Å². The Balaban J connectivity index is 1.58. The molecule has 2 aliphatic rings. The van der Waals surface area contributed by atoms with Crippen molar-refractivity contribution in [3.05, 3.63) is 47.2 Å². The third-order valence-electron chi connectivity index (χ3n) is 5.80. The molecule has 0 radical (unpaired) electrons. The van der Waals surface area contributed by atoms with Gasteiger partial charge in [0, 0.05) is 32.7 Å². The molecule has 2 aliphatic heterocycles. The van der Waals surface area contributed by atoms with Crippen molar-refractivity contribution in [3.8, 4) is 0 Å². The number of aliphatic carboxylic acids is 1. The molecule has 37 heavy (non-hydrogen) atoms. The van der Waals surface area contributed by atoms with Crippen molar-refractivity contribution in [2.24, 2.45) is 7.05 Å². The van der Waals surface area contributed by atoms with Crippen molar-refractivity contribution in [1.29, 1.82) is 0 Å². The minimum absolute atomic E-state index is 0.165. The minimum Gasteiger partial charge on any atom is -0.477 e. The topological polar surface area (TPSA) is 181 Å². The van der Waals surface area contributed by atoms with Crippen LogP contribution in [0.4, 0.5) is 4.79 Å². The van der Waals surface area contributed by atoms with Gasteiger partial charge in [-0.3, -0.25) is 14.5 Å². The summed E-state index contributed by atoms with van der Waals surface area (Å²) in [5.41, 5.74) is -0.985. The Bertz CT molecular complexity index is 1250. The van der Waals surface area contributed by atoms with E-state index in [9.17, 15) is 24.3 Å². The molecular formula is C21H24N8O6S2. The first-order valence-corrected chi connectivity index (χ1v) is 12.9. The maximum atomic E-state index is 13.4. The number of ether oxygens (including phenoxy) is 1. The van der Waals surface area contributed by atoms with Gasteiger partial charge in [-0.05, 0) is 21.6 Å². The minimum atomic E-state index is -1.81. The van der Waals surface area contributed by atoms with E-state index in [-0.39, 0.29) is 17.2 Å². The van der Waals surface area contributed by atoms with Gasteiger partial charge in [0.25, 0.3) is 11.6 Å². The number of aromatic nitrogens is 4. The number of nitrogens with zero attached hydrogens (tertiary/aromatic N) is 5. The van der Waals surface area contributed by atoms with Gasteiger partial charge in [0.05, 0.1) is 0 Å². The predicted molar refractivity (Wildman–Crippen MR) is 132 cm³/mol. The summed E-state index contributed by atoms with van der Waals surface area (Å²) in [4.78, 5) is 52.1. The number of hydrogen-bond acceptors (Lipinski definition) is 10. The van der Waals surface area contributed by atoms with Crippen molar-refractivity contribution in [1.82, 2.24) is 41.1 Å². The lowest BCUT2D eigenvalue weighted by Gasteiger charge is -2.56. The van der Waals surface area contributed by atoms with Crippen LogP contribution in [0.2, 0.25) is 0 Å². The molecule has 1 unspecified atom stereocenters. The zero-order chi connectivity index (χ0) is 26.7. The van der Waals surface area contributed by atoms with Gasteiger partial charge >= 0.3 is 12.0 Å². The molecule has 0 bridgehead atoms. The van der Waals surface area contributed by atoms with Gasteiger partial charge in [0.15, 0.2) is 0 Å². The average molecular weight is 549 g/mol. The molecule has 1 fully saturated rings. The van der Waals surface area contributed by atoms with Gasteiger partial charge in [-0.25, -0.2) is 14.3 Å². The summed E-state index contributed by atoms with van der Waals surface area (Å²) in [5, 5.41) is 28.4. The number of β-lactam (4-membered cyclic amide) rings is 1. The van der Waals surface area contributed by atoms with E-state index in [1.165, 1.54) is 42.4 Å². The molecule has 3 heterocycles. The van der Waals surface area contributed by atoms with Crippen LogP contribution in [-0.4, -0.2) is 90.8 Å². The SMILES string of the molecule is CNC(=O)NC(C(=O)N[C@]1(OC)C(=O)N2C(C(=O)O)=C(CSc3nnnn3C)CS[C@H]21)c1ccccc1. The van der Waals surface area contributed by atoms with Crippen molar-refractivity contribution in [2.45, 2.75) is 22.3 Å². The second kappa shape index (κ2) is 10.8. The van der Waals surface area contributed by atoms with Crippen LogP contribution in [0, 0.1) is 0 Å². The third kappa shape index (κ3) is 4.86. The highest BCUT2D eigenvalue weighted by atomic mass is 32.2. The molecule has 1 aromatic carbocycles. The number of amides is 4. The van der Waals surface area contributed by atoms with Gasteiger partial charge < -0.3 is 25.8 Å². The zero-order valence-electron chi connectivity index (χ0n) is 20.0. The number of tetrazole rings is 1. The third-order valence-corrected chi connectivity index (χ3v) is 8.27. The molecule has 16 heteroatoms. The van der Waals surface area contributed by atoms with Gasteiger partial charge in [0.1, 0.15) is 17.1 Å². The Morgan fingerprint density at radius 3 is 2.65 bits per heavy atom. The summed E-state index contributed by atoms with van der Waals surface area (Å²) in [6.07, 6.45) is 0. The molecule has 0 saturated carbocycles. The lowest BCUT2D eigenvalue weighted by atomic mass is 9.97. The fraction of sp³-hybridized carbons (Fsp3) is 0.381. The highest BCUT2D eigenvalue weighted by Gasteiger charge is 2.66. The average Bonchev–Trinajstić information content (AvgIpc) is 3.32. The van der Waals surface area contributed by atoms with Crippen molar-refractivity contribution in [2.75, 3.05) is 25.7 Å². The largest absolute Gasteiger partial charge is 0.477 e. The predicted octanol–water partition coefficient (Wildman–Crippen LogP) is -0.315. The molecule has 14 nitrogen and oxygen atoms in total. The van der Waals surface area contributed by atoms with Gasteiger partial charge in [0.2, 0.25) is 11.1 Å². The number of methoxy groups -OCH3 is 1. The zero-order valence-corrected chi connectivity index (χ0v) is 21.6. The highest BCUT2D eigenvalue weighted by Crippen LogP contribution is 2.47. The number of nitrogens with one attached hydrogen (secondary N) is 3. The maximum absolute atomic E-state index is 13.4. The Kier molecular flexibility index (Phi) is 7.70. The molecule has 4 N–H and O–H groups in total. The number of carbonyl (C=O) groups is 4. The summed E-state index contributed by atoms with van der Waals surface area (Å²) >= 11 is 2.50. The van der Waals surface area contributed by atoms with E-state index in [2.05, 4.69) is 31.5 Å². The second-order valence-electron chi connectivity index (χ2n) is 7.97. The molecule has 0 aliphatic carbocycles. The molecule has 196 valence electrons. The number of urea groups is 1. The second-order valence-corrected chi connectivity index (χ2v) is 9.98. The van der Waals surface area contributed by atoms with E-state index < -0.39 is 41.0 Å². The first-order chi connectivity index (χ1) is 17.7. The normalized spacial score (nSPS) is 21.5. The van der Waals surface area contributed by atoms with Crippen molar-refractivity contribution < 1.29 is 29.0 Å². The lowest BCUT2D eigenvalue weighted by Crippen LogP contribution is -2.81. The molecule has 4 rings (SSSR count). The number of aryl methyl sites for hydroxylation is 1. The number of carbonyl (C=O) groups excluding carboxylic acids is 3. The Morgan fingerprint density at radius 1 is 1.32 bits per heavy atom. The van der Waals surface area contributed by atoms with E-state index in [1.807, 2.05) is 0 Å². The molecule has 3 atom stereocenters. The summed E-state index contributed by atoms with van der Waals surface area (Å²) in [7, 11) is 4.33. The van der Waals surface area contributed by atoms with Crippen LogP contribution in [0.15, 0.2) is 46.8 Å². The Labute approximate surface area is 219 Å². The molecule has 2 aromatic rings. The summed E-state index contributed by atoms with van der Waals surface area (Å²) in [6.45, 7) is 0.